The van der Waals surface area contributed by atoms with Crippen molar-refractivity contribution < 1.29 is 38.1 Å². The van der Waals surface area contributed by atoms with Gasteiger partial charge < -0.3 is 41.0 Å². The number of carbonyl (C=O) groups excluding carboxylic acids is 4. The molecule has 0 bridgehead atoms. The van der Waals surface area contributed by atoms with Gasteiger partial charge in [0.05, 0.1) is 0 Å². The Morgan fingerprint density at radius 1 is 1.03 bits per heavy atom. The number of guanidine groups is 2. The molecule has 0 aliphatic carbocycles. The maximum absolute atomic E-state index is 13.4. The largest absolute Gasteiger partial charge is 0.447 e. The molecule has 0 aromatic carbocycles. The minimum absolute atomic E-state index is 0.0398. The zero-order valence-electron chi connectivity index (χ0n) is 21.6. The van der Waals surface area contributed by atoms with Gasteiger partial charge in [-0.3, -0.25) is 5.41 Å². The number of nitrogens with one attached hydrogen (secondary N) is 1. The molecule has 7 N–H and O–H groups in total. The molecule has 37 heavy (non-hydrogen) atoms. The van der Waals surface area contributed by atoms with E-state index in [9.17, 15) is 19.2 Å². The van der Waals surface area contributed by atoms with Crippen LogP contribution in [0.25, 0.3) is 0 Å². The van der Waals surface area contributed by atoms with Crippen LogP contribution in [0.5, 0.6) is 0 Å². The first-order valence-electron chi connectivity index (χ1n) is 11.5. The number of ether oxygens (including phenoxy) is 4. The highest BCUT2D eigenvalue weighted by Crippen LogP contribution is 2.48. The Bertz CT molecular complexity index is 1030. The fourth-order valence-corrected chi connectivity index (χ4v) is 4.81. The highest BCUT2D eigenvalue weighted by atomic mass is 16.6. The summed E-state index contributed by atoms with van der Waals surface area (Å²) < 4.78 is 21.5. The van der Waals surface area contributed by atoms with E-state index in [1.165, 1.54) is 4.90 Å². The van der Waals surface area contributed by atoms with Crippen molar-refractivity contribution in [2.45, 2.75) is 83.0 Å². The van der Waals surface area contributed by atoms with Gasteiger partial charge in [-0.25, -0.2) is 34.0 Å². The Labute approximate surface area is 213 Å². The monoisotopic (exact) mass is 526 g/mol. The smallest absolute Gasteiger partial charge is 0.419 e. The normalized spacial score (nSPS) is 27.2. The van der Waals surface area contributed by atoms with Crippen molar-refractivity contribution in [3.8, 4) is 0 Å². The van der Waals surface area contributed by atoms with Crippen molar-refractivity contribution >= 4 is 36.3 Å². The Morgan fingerprint density at radius 3 is 2.11 bits per heavy atom. The van der Waals surface area contributed by atoms with Crippen molar-refractivity contribution in [3.63, 3.8) is 0 Å². The molecule has 2 fully saturated rings. The number of aliphatic imine (C=N–C) groups is 1. The number of carbonyl (C=O) groups is 4. The zero-order chi connectivity index (χ0) is 28.1. The van der Waals surface area contributed by atoms with Crippen LogP contribution in [0, 0.1) is 5.41 Å². The minimum Gasteiger partial charge on any atom is -0.447 e. The van der Waals surface area contributed by atoms with Crippen LogP contribution in [0.2, 0.25) is 0 Å². The van der Waals surface area contributed by atoms with Crippen LogP contribution < -0.4 is 17.2 Å². The highest BCUT2D eigenvalue weighted by molar-refractivity contribution is 6.00. The predicted molar refractivity (Wildman–Crippen MR) is 127 cm³/mol. The van der Waals surface area contributed by atoms with E-state index in [1.54, 1.807) is 41.5 Å². The van der Waals surface area contributed by atoms with Gasteiger partial charge in [-0.2, -0.15) is 0 Å². The maximum atomic E-state index is 13.4. The summed E-state index contributed by atoms with van der Waals surface area (Å²) >= 11 is 0. The Kier molecular flexibility index (Phi) is 6.83. The Morgan fingerprint density at radius 2 is 1.59 bits per heavy atom. The number of rotatable bonds is 3. The second-order valence-electron chi connectivity index (χ2n) is 10.8. The van der Waals surface area contributed by atoms with Crippen LogP contribution >= 0.6 is 0 Å². The first kappa shape index (κ1) is 27.6. The molecule has 206 valence electrons. The number of nitrogens with zero attached hydrogens (tertiary/aromatic N) is 4. The molecule has 3 heterocycles. The lowest BCUT2D eigenvalue weighted by Crippen LogP contribution is -2.79. The van der Waals surface area contributed by atoms with Crippen LogP contribution in [0.1, 0.15) is 48.0 Å². The fraction of sp³-hybridized carbons (Fsp3) is 0.714. The molecule has 16 nitrogen and oxygen atoms in total. The molecule has 4 atom stereocenters. The van der Waals surface area contributed by atoms with Gasteiger partial charge in [-0.1, -0.05) is 0 Å². The van der Waals surface area contributed by atoms with E-state index >= 15 is 0 Å². The summed E-state index contributed by atoms with van der Waals surface area (Å²) in [5.41, 5.74) is 13.1. The topological polar surface area (TPSA) is 229 Å². The van der Waals surface area contributed by atoms with E-state index in [2.05, 4.69) is 4.99 Å². The molecule has 2 saturated heterocycles. The molecule has 0 aromatic heterocycles. The Balaban J connectivity index is 2.20. The van der Waals surface area contributed by atoms with E-state index < -0.39 is 72.0 Å². The van der Waals surface area contributed by atoms with Crippen LogP contribution in [-0.4, -0.2) is 99.2 Å². The third-order valence-electron chi connectivity index (χ3n) is 5.82. The summed E-state index contributed by atoms with van der Waals surface area (Å²) in [7, 11) is 0. The van der Waals surface area contributed by atoms with E-state index in [1.807, 2.05) is 0 Å². The molecule has 1 spiro atoms. The van der Waals surface area contributed by atoms with Gasteiger partial charge in [0.15, 0.2) is 11.8 Å². The summed E-state index contributed by atoms with van der Waals surface area (Å²) in [6.45, 7) is 9.34. The quantitative estimate of drug-likeness (QED) is 0.370. The first-order valence-corrected chi connectivity index (χ1v) is 11.5. The van der Waals surface area contributed by atoms with E-state index in [4.69, 9.17) is 41.6 Å². The van der Waals surface area contributed by atoms with Gasteiger partial charge in [-0.15, -0.1) is 0 Å². The predicted octanol–water partition coefficient (Wildman–Crippen LogP) is 0.436. The van der Waals surface area contributed by atoms with Crippen LogP contribution in [0.3, 0.4) is 0 Å². The summed E-state index contributed by atoms with van der Waals surface area (Å²) in [5.74, 6) is -0.760. The van der Waals surface area contributed by atoms with Gasteiger partial charge in [0.2, 0.25) is 11.9 Å². The molecular weight excluding hydrogens is 492 g/mol. The van der Waals surface area contributed by atoms with Crippen molar-refractivity contribution in [1.29, 1.82) is 5.41 Å². The van der Waals surface area contributed by atoms with Crippen LogP contribution in [-0.2, 0) is 18.9 Å². The third kappa shape index (κ3) is 4.99. The van der Waals surface area contributed by atoms with Gasteiger partial charge in [0, 0.05) is 13.0 Å². The average Bonchev–Trinajstić information content (AvgIpc) is 3.20. The van der Waals surface area contributed by atoms with E-state index in [-0.39, 0.29) is 18.9 Å². The lowest BCUT2D eigenvalue weighted by molar-refractivity contribution is -0.0868. The second-order valence-corrected chi connectivity index (χ2v) is 10.8. The summed E-state index contributed by atoms with van der Waals surface area (Å²) in [4.78, 5) is 57.8. The number of hydrogen-bond acceptors (Lipinski definition) is 11. The summed E-state index contributed by atoms with van der Waals surface area (Å²) in [6, 6.07) is -2.44. The second kappa shape index (κ2) is 9.15. The molecule has 0 aromatic rings. The summed E-state index contributed by atoms with van der Waals surface area (Å²) in [6.07, 6.45) is -5.22. The van der Waals surface area contributed by atoms with E-state index in [0.717, 1.165) is 9.80 Å². The molecule has 0 radical (unpaired) electrons. The SMILES string of the molecule is CC(C)(C)OC(=O)N1C(=N)N2CCC(OC(N)=O)[C@@]23[C@@H](N=C(N)N3C(=O)OC(C)(C)C)[C@@H]1COC(N)=O. The number of hydrogen-bond donors (Lipinski definition) is 4. The molecule has 3 aliphatic rings. The highest BCUT2D eigenvalue weighted by Gasteiger charge is 2.72. The van der Waals surface area contributed by atoms with Gasteiger partial charge in [0.25, 0.3) is 0 Å². The van der Waals surface area contributed by atoms with Crippen LogP contribution in [0.4, 0.5) is 19.2 Å². The molecule has 3 rings (SSSR count). The van der Waals surface area contributed by atoms with Gasteiger partial charge >= 0.3 is 24.4 Å². The Hall–Kier alpha value is -3.98. The van der Waals surface area contributed by atoms with Crippen molar-refractivity contribution in [3.05, 3.63) is 0 Å². The van der Waals surface area contributed by atoms with Crippen LogP contribution in [0.15, 0.2) is 4.99 Å². The number of nitrogens with two attached hydrogens (primary N) is 3. The molecule has 1 unspecified atom stereocenters. The van der Waals surface area contributed by atoms with Crippen molar-refractivity contribution in [1.82, 2.24) is 14.7 Å². The maximum Gasteiger partial charge on any atom is 0.419 e. The summed E-state index contributed by atoms with van der Waals surface area (Å²) in [5, 5.41) is 8.96. The molecule has 16 heteroatoms. The molecular formula is C21H34N8O8. The molecule has 0 saturated carbocycles. The van der Waals surface area contributed by atoms with Crippen molar-refractivity contribution in [2.24, 2.45) is 22.2 Å². The number of amides is 4. The lowest BCUT2D eigenvalue weighted by Gasteiger charge is -2.54. The van der Waals surface area contributed by atoms with Gasteiger partial charge in [-0.05, 0) is 41.5 Å². The molecule has 4 amide bonds. The third-order valence-corrected chi connectivity index (χ3v) is 5.82. The minimum atomic E-state index is -1.76. The van der Waals surface area contributed by atoms with Gasteiger partial charge in [0.1, 0.15) is 29.9 Å². The lowest BCUT2D eigenvalue weighted by atomic mass is 9.86. The molecule has 3 aliphatic heterocycles. The van der Waals surface area contributed by atoms with Crippen molar-refractivity contribution in [2.75, 3.05) is 13.2 Å². The van der Waals surface area contributed by atoms with E-state index in [0.29, 0.717) is 0 Å². The zero-order valence-corrected chi connectivity index (χ0v) is 21.6. The first-order chi connectivity index (χ1) is 16.9. The fourth-order valence-electron chi connectivity index (χ4n) is 4.81. The average molecular weight is 527 g/mol. The standard InChI is InChI=1S/C21H34N8O8/c1-19(2,3)36-17(32)28-10(9-34-15(24)30)12-21(11(35-16(25)31)7-8-27(21)14(28)23)29(13(22)26-12)18(33)37-20(4,5)6/h10-12,23H,7-9H2,1-6H3,(H2,22,26)(H2,24,30)(H2,25,31)/t10-,11?,12-,21+/m0/s1. The number of primary amides is 2.